The van der Waals surface area contributed by atoms with Crippen molar-refractivity contribution in [1.82, 2.24) is 10.3 Å². The molecule has 2 rings (SSSR count). The van der Waals surface area contributed by atoms with Crippen molar-refractivity contribution in [3.63, 3.8) is 0 Å². The first-order valence-corrected chi connectivity index (χ1v) is 6.09. The molecule has 0 aliphatic heterocycles. The molecule has 19 heavy (non-hydrogen) atoms. The number of nitrogens with one attached hydrogen (secondary N) is 1. The molecule has 0 atom stereocenters. The van der Waals surface area contributed by atoms with Gasteiger partial charge >= 0.3 is 5.97 Å². The van der Waals surface area contributed by atoms with Crippen molar-refractivity contribution in [2.45, 2.75) is 24.9 Å². The molecule has 1 amide bonds. The first kappa shape index (κ1) is 13.5. The van der Waals surface area contributed by atoms with Gasteiger partial charge in [0.15, 0.2) is 0 Å². The third-order valence-electron chi connectivity index (χ3n) is 3.51. The lowest BCUT2D eigenvalue weighted by Gasteiger charge is -2.40. The third-order valence-corrected chi connectivity index (χ3v) is 3.51. The minimum absolute atomic E-state index is 0.0797. The number of hydrogen-bond donors (Lipinski definition) is 2. The maximum atomic E-state index is 11.9. The maximum Gasteiger partial charge on any atom is 0.354 e. The lowest BCUT2D eigenvalue weighted by atomic mass is 9.80. The minimum Gasteiger partial charge on any atom is -0.477 e. The van der Waals surface area contributed by atoms with Crippen LogP contribution in [0.2, 0.25) is 0 Å². The number of amides is 1. The molecule has 102 valence electrons. The molecule has 0 bridgehead atoms. The lowest BCUT2D eigenvalue weighted by Crippen LogP contribution is -2.49. The van der Waals surface area contributed by atoms with Gasteiger partial charge < -0.3 is 15.2 Å². The van der Waals surface area contributed by atoms with Gasteiger partial charge in [0.2, 0.25) is 0 Å². The second-order valence-electron chi connectivity index (χ2n) is 4.66. The van der Waals surface area contributed by atoms with Crippen LogP contribution in [-0.4, -0.2) is 41.2 Å². The van der Waals surface area contributed by atoms with Crippen LogP contribution < -0.4 is 5.32 Å². The zero-order valence-corrected chi connectivity index (χ0v) is 10.7. The summed E-state index contributed by atoms with van der Waals surface area (Å²) < 4.78 is 5.40. The molecule has 0 radical (unpaired) electrons. The summed E-state index contributed by atoms with van der Waals surface area (Å²) in [6, 6.07) is 2.76. The van der Waals surface area contributed by atoms with Crippen LogP contribution in [0.4, 0.5) is 0 Å². The van der Waals surface area contributed by atoms with E-state index in [0.29, 0.717) is 12.1 Å². The molecule has 0 saturated heterocycles. The van der Waals surface area contributed by atoms with Gasteiger partial charge in [-0.2, -0.15) is 0 Å². The first-order chi connectivity index (χ1) is 9.06. The van der Waals surface area contributed by atoms with E-state index >= 15 is 0 Å². The molecule has 1 aliphatic rings. The minimum atomic E-state index is -1.11. The number of carbonyl (C=O) groups is 2. The number of carboxylic acid groups (broad SMARTS) is 1. The zero-order chi connectivity index (χ0) is 13.9. The van der Waals surface area contributed by atoms with E-state index in [4.69, 9.17) is 9.84 Å². The van der Waals surface area contributed by atoms with E-state index in [2.05, 4.69) is 10.3 Å². The largest absolute Gasteiger partial charge is 0.477 e. The molecule has 0 aromatic carbocycles. The van der Waals surface area contributed by atoms with Crippen molar-refractivity contribution in [2.24, 2.45) is 0 Å². The normalized spacial score (nSPS) is 16.5. The Labute approximate surface area is 110 Å². The Kier molecular flexibility index (Phi) is 3.80. The fourth-order valence-corrected chi connectivity index (χ4v) is 2.02. The SMILES string of the molecule is COC1(CNC(=O)c2ccc(C(=O)O)nc2)CCC1. The van der Waals surface area contributed by atoms with Crippen LogP contribution in [0.15, 0.2) is 18.3 Å². The summed E-state index contributed by atoms with van der Waals surface area (Å²) in [6.45, 7) is 0.461. The van der Waals surface area contributed by atoms with E-state index in [1.807, 2.05) is 0 Å². The number of ether oxygens (including phenoxy) is 1. The predicted molar refractivity (Wildman–Crippen MR) is 67.1 cm³/mol. The number of aromatic nitrogens is 1. The molecule has 1 saturated carbocycles. The average Bonchev–Trinajstić information content (AvgIpc) is 2.38. The van der Waals surface area contributed by atoms with Crippen molar-refractivity contribution < 1.29 is 19.4 Å². The second-order valence-corrected chi connectivity index (χ2v) is 4.66. The summed E-state index contributed by atoms with van der Waals surface area (Å²) >= 11 is 0. The number of nitrogens with zero attached hydrogens (tertiary/aromatic N) is 1. The fourth-order valence-electron chi connectivity index (χ4n) is 2.02. The van der Waals surface area contributed by atoms with Gasteiger partial charge in [-0.25, -0.2) is 9.78 Å². The summed E-state index contributed by atoms with van der Waals surface area (Å²) in [4.78, 5) is 26.2. The zero-order valence-electron chi connectivity index (χ0n) is 10.7. The average molecular weight is 264 g/mol. The first-order valence-electron chi connectivity index (χ1n) is 6.09. The van der Waals surface area contributed by atoms with E-state index in [0.717, 1.165) is 19.3 Å². The molecular formula is C13H16N2O4. The molecular weight excluding hydrogens is 248 g/mol. The van der Waals surface area contributed by atoms with Crippen LogP contribution in [0.1, 0.15) is 40.1 Å². The van der Waals surface area contributed by atoms with Gasteiger partial charge in [-0.05, 0) is 31.4 Å². The van der Waals surface area contributed by atoms with Gasteiger partial charge in [0.25, 0.3) is 5.91 Å². The molecule has 1 aliphatic carbocycles. The Morgan fingerprint density at radius 1 is 1.47 bits per heavy atom. The van der Waals surface area contributed by atoms with Crippen LogP contribution in [0.3, 0.4) is 0 Å². The van der Waals surface area contributed by atoms with Gasteiger partial charge in [-0.15, -0.1) is 0 Å². The molecule has 6 heteroatoms. The predicted octanol–water partition coefficient (Wildman–Crippen LogP) is 1.08. The standard InChI is InChI=1S/C13H16N2O4/c1-19-13(5-2-6-13)8-15-11(16)9-3-4-10(12(17)18)14-7-9/h3-4,7H,2,5-6,8H2,1H3,(H,15,16)(H,17,18). The van der Waals surface area contributed by atoms with Crippen molar-refractivity contribution >= 4 is 11.9 Å². The Morgan fingerprint density at radius 2 is 2.21 bits per heavy atom. The maximum absolute atomic E-state index is 11.9. The highest BCUT2D eigenvalue weighted by molar-refractivity contribution is 5.94. The number of aromatic carboxylic acids is 1. The summed E-state index contributed by atoms with van der Waals surface area (Å²) in [5, 5.41) is 11.5. The van der Waals surface area contributed by atoms with Crippen molar-refractivity contribution in [1.29, 1.82) is 0 Å². The number of methoxy groups -OCH3 is 1. The highest BCUT2D eigenvalue weighted by Crippen LogP contribution is 2.34. The summed E-state index contributed by atoms with van der Waals surface area (Å²) in [7, 11) is 1.65. The number of hydrogen-bond acceptors (Lipinski definition) is 4. The van der Waals surface area contributed by atoms with Crippen LogP contribution in [0.25, 0.3) is 0 Å². The molecule has 2 N–H and O–H groups in total. The Balaban J connectivity index is 1.94. The van der Waals surface area contributed by atoms with Gasteiger partial charge in [0.1, 0.15) is 5.69 Å². The van der Waals surface area contributed by atoms with Crippen molar-refractivity contribution in [3.8, 4) is 0 Å². The molecule has 1 fully saturated rings. The molecule has 1 heterocycles. The molecule has 1 aromatic rings. The second kappa shape index (κ2) is 5.36. The van der Waals surface area contributed by atoms with Crippen molar-refractivity contribution in [3.05, 3.63) is 29.6 Å². The lowest BCUT2D eigenvalue weighted by molar-refractivity contribution is -0.0679. The smallest absolute Gasteiger partial charge is 0.354 e. The van der Waals surface area contributed by atoms with Crippen LogP contribution in [0, 0.1) is 0 Å². The Bertz CT molecular complexity index is 474. The van der Waals surface area contributed by atoms with Gasteiger partial charge in [0, 0.05) is 19.9 Å². The Hall–Kier alpha value is -1.95. The number of carbonyl (C=O) groups excluding carboxylic acids is 1. The van der Waals surface area contributed by atoms with Crippen LogP contribution >= 0.6 is 0 Å². The van der Waals surface area contributed by atoms with E-state index in [1.54, 1.807) is 7.11 Å². The molecule has 6 nitrogen and oxygen atoms in total. The summed E-state index contributed by atoms with van der Waals surface area (Å²) in [5.41, 5.74) is 0.0314. The van der Waals surface area contributed by atoms with Crippen molar-refractivity contribution in [2.75, 3.05) is 13.7 Å². The molecule has 0 spiro atoms. The molecule has 1 aromatic heterocycles. The number of carboxylic acids is 1. The van der Waals surface area contributed by atoms with Crippen LogP contribution in [0.5, 0.6) is 0 Å². The van der Waals surface area contributed by atoms with E-state index in [1.165, 1.54) is 18.3 Å². The van der Waals surface area contributed by atoms with Crippen LogP contribution in [-0.2, 0) is 4.74 Å². The highest BCUT2D eigenvalue weighted by atomic mass is 16.5. The quantitative estimate of drug-likeness (QED) is 0.830. The summed E-state index contributed by atoms with van der Waals surface area (Å²) in [6.07, 6.45) is 4.26. The third kappa shape index (κ3) is 2.90. The van der Waals surface area contributed by atoms with Gasteiger partial charge in [-0.1, -0.05) is 0 Å². The van der Waals surface area contributed by atoms with Gasteiger partial charge in [-0.3, -0.25) is 4.79 Å². The van der Waals surface area contributed by atoms with E-state index < -0.39 is 5.97 Å². The van der Waals surface area contributed by atoms with Gasteiger partial charge in [0.05, 0.1) is 11.2 Å². The highest BCUT2D eigenvalue weighted by Gasteiger charge is 2.37. The fraction of sp³-hybridized carbons (Fsp3) is 0.462. The number of rotatable bonds is 5. The number of pyridine rings is 1. The summed E-state index contributed by atoms with van der Waals surface area (Å²) in [5.74, 6) is -1.38. The van der Waals surface area contributed by atoms with E-state index in [9.17, 15) is 9.59 Å². The topological polar surface area (TPSA) is 88.5 Å². The monoisotopic (exact) mass is 264 g/mol. The molecule has 0 unspecified atom stereocenters. The van der Waals surface area contributed by atoms with E-state index in [-0.39, 0.29) is 17.2 Å². The Morgan fingerprint density at radius 3 is 2.63 bits per heavy atom.